The van der Waals surface area contributed by atoms with Gasteiger partial charge in [-0.3, -0.25) is 4.79 Å². The summed E-state index contributed by atoms with van der Waals surface area (Å²) >= 11 is 1.35. The highest BCUT2D eigenvalue weighted by atomic mass is 32.1. The number of ether oxygens (including phenoxy) is 1. The van der Waals surface area contributed by atoms with E-state index in [0.717, 1.165) is 26.9 Å². The van der Waals surface area contributed by atoms with Gasteiger partial charge in [0.15, 0.2) is 0 Å². The second-order valence-electron chi connectivity index (χ2n) is 7.39. The number of aryl methyl sites for hydroxylation is 1. The molecule has 1 aromatic heterocycles. The Morgan fingerprint density at radius 1 is 1.26 bits per heavy atom. The van der Waals surface area contributed by atoms with E-state index in [0.29, 0.717) is 10.6 Å². The molecule has 1 aliphatic carbocycles. The van der Waals surface area contributed by atoms with E-state index in [4.69, 9.17) is 4.74 Å². The van der Waals surface area contributed by atoms with Gasteiger partial charge in [0.25, 0.3) is 5.91 Å². The van der Waals surface area contributed by atoms with Crippen LogP contribution in [0.25, 0.3) is 16.3 Å². The topological polar surface area (TPSA) is 83.8 Å². The molecule has 7 heteroatoms. The van der Waals surface area contributed by atoms with Crippen LogP contribution in [0.15, 0.2) is 59.7 Å². The first-order valence-corrected chi connectivity index (χ1v) is 10.7. The van der Waals surface area contributed by atoms with Crippen LogP contribution in [-0.2, 0) is 4.74 Å². The van der Waals surface area contributed by atoms with Crippen LogP contribution in [0.5, 0.6) is 5.75 Å². The summed E-state index contributed by atoms with van der Waals surface area (Å²) in [6, 6.07) is 10.9. The number of benzene rings is 2. The van der Waals surface area contributed by atoms with Gasteiger partial charge in [0.05, 0.1) is 18.0 Å². The molecule has 0 saturated carbocycles. The van der Waals surface area contributed by atoms with Gasteiger partial charge >= 0.3 is 0 Å². The van der Waals surface area contributed by atoms with E-state index >= 15 is 0 Å². The lowest BCUT2D eigenvalue weighted by Crippen LogP contribution is -2.18. The number of aromatic nitrogens is 1. The number of nitrogens with zero attached hydrogens (tertiary/aromatic N) is 2. The molecular formula is C24H23N3O3S. The van der Waals surface area contributed by atoms with Crippen LogP contribution in [-0.4, -0.2) is 35.4 Å². The average molecular weight is 434 g/mol. The van der Waals surface area contributed by atoms with Crippen LogP contribution < -0.4 is 5.43 Å². The van der Waals surface area contributed by atoms with Gasteiger partial charge < -0.3 is 9.84 Å². The number of allylic oxidation sites excluding steroid dienone is 2. The molecule has 2 unspecified atom stereocenters. The minimum Gasteiger partial charge on any atom is -0.507 e. The number of thiazole rings is 1. The second-order valence-corrected chi connectivity index (χ2v) is 8.39. The third kappa shape index (κ3) is 4.28. The molecule has 1 amide bonds. The number of methoxy groups -OCH3 is 1. The molecule has 31 heavy (non-hydrogen) atoms. The van der Waals surface area contributed by atoms with E-state index in [1.54, 1.807) is 25.5 Å². The van der Waals surface area contributed by atoms with Crippen molar-refractivity contribution in [2.75, 3.05) is 7.11 Å². The molecule has 0 aliphatic heterocycles. The van der Waals surface area contributed by atoms with Crippen molar-refractivity contribution < 1.29 is 14.6 Å². The van der Waals surface area contributed by atoms with Gasteiger partial charge in [-0.1, -0.05) is 49.4 Å². The zero-order valence-corrected chi connectivity index (χ0v) is 18.3. The number of nitrogens with one attached hydrogen (secondary N) is 1. The molecule has 2 N–H and O–H groups in total. The molecule has 0 radical (unpaired) electrons. The van der Waals surface area contributed by atoms with E-state index in [1.165, 1.54) is 11.3 Å². The van der Waals surface area contributed by atoms with Gasteiger partial charge in [-0.05, 0) is 24.4 Å². The molecule has 2 aromatic carbocycles. The lowest BCUT2D eigenvalue weighted by molar-refractivity contribution is 0.0958. The van der Waals surface area contributed by atoms with Crippen LogP contribution >= 0.6 is 11.3 Å². The number of phenolic OH excluding ortho intramolecular Hbond substituents is 1. The molecule has 0 fully saturated rings. The Hall–Kier alpha value is -3.29. The van der Waals surface area contributed by atoms with Crippen LogP contribution in [0.2, 0.25) is 0 Å². The quantitative estimate of drug-likeness (QED) is 0.452. The van der Waals surface area contributed by atoms with E-state index < -0.39 is 0 Å². The van der Waals surface area contributed by atoms with E-state index in [2.05, 4.69) is 28.5 Å². The number of aromatic hydroxyl groups is 1. The van der Waals surface area contributed by atoms with E-state index in [1.807, 2.05) is 43.3 Å². The standard InChI is InChI=1S/C24H23N3O3S/c1-14-12-16(9-11-21(14)30-3)24-26-15(2)22(31-24)23(29)27-25-13-17-8-10-20(28)19-7-5-4-6-18(17)19/h4-14,21,28H,1-3H3,(H,27,29)/b25-13+. The third-order valence-electron chi connectivity index (χ3n) is 5.25. The first kappa shape index (κ1) is 21.0. The number of phenols is 1. The van der Waals surface area contributed by atoms with E-state index in [-0.39, 0.29) is 23.7 Å². The summed E-state index contributed by atoms with van der Waals surface area (Å²) in [5, 5.41) is 16.5. The van der Waals surface area contributed by atoms with Gasteiger partial charge in [-0.25, -0.2) is 10.4 Å². The Labute approximate surface area is 184 Å². The Bertz CT molecular complexity index is 1230. The zero-order valence-electron chi connectivity index (χ0n) is 17.5. The minimum atomic E-state index is -0.302. The number of amides is 1. The fraction of sp³-hybridized carbons (Fsp3) is 0.208. The van der Waals surface area contributed by atoms with Crippen molar-refractivity contribution in [3.05, 3.63) is 75.8 Å². The Kier molecular flexibility index (Phi) is 5.97. The number of rotatable bonds is 5. The molecular weight excluding hydrogens is 410 g/mol. The van der Waals surface area contributed by atoms with Crippen molar-refractivity contribution in [1.82, 2.24) is 10.4 Å². The van der Waals surface area contributed by atoms with Gasteiger partial charge in [0.1, 0.15) is 15.6 Å². The maximum absolute atomic E-state index is 12.7. The first-order chi connectivity index (χ1) is 15.0. The highest BCUT2D eigenvalue weighted by molar-refractivity contribution is 7.14. The fourth-order valence-corrected chi connectivity index (χ4v) is 4.57. The van der Waals surface area contributed by atoms with E-state index in [9.17, 15) is 9.90 Å². The second kappa shape index (κ2) is 8.83. The summed E-state index contributed by atoms with van der Waals surface area (Å²) in [4.78, 5) is 17.8. The number of carbonyl (C=O) groups excluding carboxylic acids is 1. The molecule has 0 bridgehead atoms. The Balaban J connectivity index is 1.51. The maximum atomic E-state index is 12.7. The van der Waals surface area contributed by atoms with Gasteiger partial charge in [-0.15, -0.1) is 11.3 Å². The lowest BCUT2D eigenvalue weighted by atomic mass is 9.95. The smallest absolute Gasteiger partial charge is 0.283 e. The predicted octanol–water partition coefficient (Wildman–Crippen LogP) is 4.68. The van der Waals surface area contributed by atoms with Crippen molar-refractivity contribution >= 4 is 39.8 Å². The molecule has 6 nitrogen and oxygen atoms in total. The van der Waals surface area contributed by atoms with Crippen molar-refractivity contribution in [3.8, 4) is 5.75 Å². The van der Waals surface area contributed by atoms with Gasteiger partial charge in [0.2, 0.25) is 0 Å². The summed E-state index contributed by atoms with van der Waals surface area (Å²) in [7, 11) is 1.70. The highest BCUT2D eigenvalue weighted by Gasteiger charge is 2.21. The number of carbonyl (C=O) groups is 1. The number of fused-ring (bicyclic) bond motifs is 1. The predicted molar refractivity (Wildman–Crippen MR) is 125 cm³/mol. The lowest BCUT2D eigenvalue weighted by Gasteiger charge is -2.20. The highest BCUT2D eigenvalue weighted by Crippen LogP contribution is 2.30. The van der Waals surface area contributed by atoms with Crippen LogP contribution in [0.4, 0.5) is 0 Å². The summed E-state index contributed by atoms with van der Waals surface area (Å²) in [6.07, 6.45) is 7.75. The van der Waals surface area contributed by atoms with Crippen molar-refractivity contribution in [1.29, 1.82) is 0 Å². The largest absolute Gasteiger partial charge is 0.507 e. The maximum Gasteiger partial charge on any atom is 0.283 e. The van der Waals surface area contributed by atoms with Gasteiger partial charge in [-0.2, -0.15) is 5.10 Å². The summed E-state index contributed by atoms with van der Waals surface area (Å²) in [6.45, 7) is 3.91. The summed E-state index contributed by atoms with van der Waals surface area (Å²) in [5.41, 5.74) is 5.05. The van der Waals surface area contributed by atoms with Crippen molar-refractivity contribution in [2.45, 2.75) is 20.0 Å². The summed E-state index contributed by atoms with van der Waals surface area (Å²) < 4.78 is 5.43. The fourth-order valence-electron chi connectivity index (χ4n) is 3.60. The normalized spacial score (nSPS) is 18.5. The zero-order chi connectivity index (χ0) is 22.0. The molecule has 1 heterocycles. The van der Waals surface area contributed by atoms with Gasteiger partial charge in [0, 0.05) is 29.6 Å². The molecule has 1 aliphatic rings. The first-order valence-electron chi connectivity index (χ1n) is 9.92. The molecule has 0 spiro atoms. The Morgan fingerprint density at radius 3 is 2.77 bits per heavy atom. The molecule has 0 saturated heterocycles. The minimum absolute atomic E-state index is 0.0536. The van der Waals surface area contributed by atoms with Crippen LogP contribution in [0.3, 0.4) is 0 Å². The van der Waals surface area contributed by atoms with Crippen molar-refractivity contribution in [3.63, 3.8) is 0 Å². The number of hydrazone groups is 1. The molecule has 2 atom stereocenters. The number of hydrogen-bond acceptors (Lipinski definition) is 6. The monoisotopic (exact) mass is 433 g/mol. The van der Waals surface area contributed by atoms with Crippen LogP contribution in [0, 0.1) is 12.8 Å². The average Bonchev–Trinajstić information content (AvgIpc) is 3.17. The molecule has 3 aromatic rings. The Morgan fingerprint density at radius 2 is 2.03 bits per heavy atom. The van der Waals surface area contributed by atoms with Crippen molar-refractivity contribution in [2.24, 2.45) is 11.0 Å². The van der Waals surface area contributed by atoms with Crippen LogP contribution in [0.1, 0.15) is 32.9 Å². The summed E-state index contributed by atoms with van der Waals surface area (Å²) in [5.74, 6) is 0.141. The molecule has 158 valence electrons. The SMILES string of the molecule is COC1C=CC(c2nc(C)c(C(=O)N/N=C/c3ccc(O)c4ccccc34)s2)=CC1C. The third-order valence-corrected chi connectivity index (χ3v) is 6.46. The molecule has 4 rings (SSSR count). The number of hydrogen-bond donors (Lipinski definition) is 2.